The standard InChI is InChI=1S/C21H26N2O3S2/c1-3-16-4-8-18(9-5-16)22-21(27)23(19-12-13-28(24,25)15-19)14-17-6-10-20(26-2)11-7-17/h4-11,19H,3,12-15H2,1-2H3,(H,22,27)/t19-/m1/s1. The van der Waals surface area contributed by atoms with Gasteiger partial charge in [-0.25, -0.2) is 8.42 Å². The normalized spacial score (nSPS) is 17.9. The molecule has 0 aromatic heterocycles. The first-order chi connectivity index (χ1) is 13.4. The highest BCUT2D eigenvalue weighted by Gasteiger charge is 2.33. The molecule has 0 unspecified atom stereocenters. The Morgan fingerprint density at radius 3 is 2.32 bits per heavy atom. The minimum atomic E-state index is -3.01. The van der Waals surface area contributed by atoms with Gasteiger partial charge in [-0.1, -0.05) is 31.2 Å². The molecule has 1 N–H and O–H groups in total. The quantitative estimate of drug-likeness (QED) is 0.723. The zero-order valence-electron chi connectivity index (χ0n) is 16.2. The Morgan fingerprint density at radius 2 is 1.79 bits per heavy atom. The molecule has 2 aromatic rings. The third-order valence-electron chi connectivity index (χ3n) is 5.04. The van der Waals surface area contributed by atoms with Crippen LogP contribution in [0.1, 0.15) is 24.5 Å². The Hall–Kier alpha value is -2.12. The van der Waals surface area contributed by atoms with Crippen molar-refractivity contribution in [3.63, 3.8) is 0 Å². The van der Waals surface area contributed by atoms with Crippen LogP contribution in [0.25, 0.3) is 0 Å². The number of rotatable bonds is 6. The number of anilines is 1. The number of nitrogens with one attached hydrogen (secondary N) is 1. The van der Waals surface area contributed by atoms with Crippen LogP contribution in [-0.4, -0.2) is 43.1 Å². The van der Waals surface area contributed by atoms with Crippen molar-refractivity contribution in [1.82, 2.24) is 4.90 Å². The van der Waals surface area contributed by atoms with E-state index in [4.69, 9.17) is 17.0 Å². The van der Waals surface area contributed by atoms with Crippen molar-refractivity contribution >= 4 is 32.9 Å². The van der Waals surface area contributed by atoms with Crippen molar-refractivity contribution in [2.45, 2.75) is 32.4 Å². The largest absolute Gasteiger partial charge is 0.497 e. The van der Waals surface area contributed by atoms with Crippen molar-refractivity contribution in [2.75, 3.05) is 23.9 Å². The zero-order valence-corrected chi connectivity index (χ0v) is 17.9. The Labute approximate surface area is 172 Å². The fourth-order valence-corrected chi connectivity index (χ4v) is 5.40. The molecule has 0 aliphatic carbocycles. The third-order valence-corrected chi connectivity index (χ3v) is 7.12. The van der Waals surface area contributed by atoms with Crippen molar-refractivity contribution in [3.8, 4) is 5.75 Å². The summed E-state index contributed by atoms with van der Waals surface area (Å²) >= 11 is 5.67. The van der Waals surface area contributed by atoms with Crippen LogP contribution in [0.2, 0.25) is 0 Å². The molecular weight excluding hydrogens is 392 g/mol. The first-order valence-corrected chi connectivity index (χ1v) is 11.6. The average Bonchev–Trinajstić information content (AvgIpc) is 3.06. The first-order valence-electron chi connectivity index (χ1n) is 9.40. The first kappa shape index (κ1) is 20.6. The summed E-state index contributed by atoms with van der Waals surface area (Å²) in [6.45, 7) is 2.66. The lowest BCUT2D eigenvalue weighted by Crippen LogP contribution is -2.43. The molecule has 7 heteroatoms. The van der Waals surface area contributed by atoms with Gasteiger partial charge in [0.25, 0.3) is 0 Å². The minimum absolute atomic E-state index is 0.123. The van der Waals surface area contributed by atoms with Crippen LogP contribution in [0.15, 0.2) is 48.5 Å². The lowest BCUT2D eigenvalue weighted by atomic mass is 10.1. The van der Waals surface area contributed by atoms with Crippen molar-refractivity contribution < 1.29 is 13.2 Å². The molecule has 1 aliphatic rings. The number of nitrogens with zero attached hydrogens (tertiary/aromatic N) is 1. The number of methoxy groups -OCH3 is 1. The fraction of sp³-hybridized carbons (Fsp3) is 0.381. The van der Waals surface area contributed by atoms with E-state index in [1.807, 2.05) is 41.3 Å². The molecule has 2 aromatic carbocycles. The predicted molar refractivity (Wildman–Crippen MR) is 118 cm³/mol. The van der Waals surface area contributed by atoms with Crippen LogP contribution in [0.3, 0.4) is 0 Å². The zero-order chi connectivity index (χ0) is 20.1. The number of hydrogen-bond acceptors (Lipinski definition) is 4. The number of sulfone groups is 1. The van der Waals surface area contributed by atoms with Crippen LogP contribution >= 0.6 is 12.2 Å². The molecule has 0 bridgehead atoms. The van der Waals surface area contributed by atoms with Crippen LogP contribution in [0.5, 0.6) is 5.75 Å². The maximum absolute atomic E-state index is 12.0. The summed E-state index contributed by atoms with van der Waals surface area (Å²) in [5, 5.41) is 3.82. The second-order valence-corrected chi connectivity index (χ2v) is 9.63. The van der Waals surface area contributed by atoms with E-state index in [0.717, 1.165) is 23.4 Å². The minimum Gasteiger partial charge on any atom is -0.497 e. The third kappa shape index (κ3) is 5.23. The molecule has 1 atom stereocenters. The van der Waals surface area contributed by atoms with E-state index in [1.165, 1.54) is 5.56 Å². The number of ether oxygens (including phenoxy) is 1. The van der Waals surface area contributed by atoms with Gasteiger partial charge in [-0.05, 0) is 60.5 Å². The van der Waals surface area contributed by atoms with E-state index in [-0.39, 0.29) is 17.5 Å². The van der Waals surface area contributed by atoms with Gasteiger partial charge in [0.15, 0.2) is 14.9 Å². The molecule has 28 heavy (non-hydrogen) atoms. The summed E-state index contributed by atoms with van der Waals surface area (Å²) in [4.78, 5) is 2.00. The molecule has 0 amide bonds. The van der Waals surface area contributed by atoms with Gasteiger partial charge >= 0.3 is 0 Å². The molecular formula is C21H26N2O3S2. The summed E-state index contributed by atoms with van der Waals surface area (Å²) in [7, 11) is -1.38. The number of thiocarbonyl (C=S) groups is 1. The summed E-state index contributed by atoms with van der Waals surface area (Å²) in [6.07, 6.45) is 1.57. The van der Waals surface area contributed by atoms with Gasteiger partial charge < -0.3 is 15.0 Å². The SMILES string of the molecule is CCc1ccc(NC(=S)N(Cc2ccc(OC)cc2)[C@@H]2CCS(=O)(=O)C2)cc1. The highest BCUT2D eigenvalue weighted by molar-refractivity contribution is 7.91. The number of benzene rings is 2. The van der Waals surface area contributed by atoms with Crippen LogP contribution in [0, 0.1) is 0 Å². The second-order valence-electron chi connectivity index (χ2n) is 7.01. The van der Waals surface area contributed by atoms with Gasteiger partial charge in [-0.2, -0.15) is 0 Å². The summed E-state index contributed by atoms with van der Waals surface area (Å²) in [5.74, 6) is 1.14. The van der Waals surface area contributed by atoms with Gasteiger partial charge in [0, 0.05) is 18.3 Å². The molecule has 1 fully saturated rings. The topological polar surface area (TPSA) is 58.6 Å². The van der Waals surface area contributed by atoms with Gasteiger partial charge in [0.05, 0.1) is 18.6 Å². The Balaban J connectivity index is 1.78. The van der Waals surface area contributed by atoms with Gasteiger partial charge in [-0.15, -0.1) is 0 Å². The van der Waals surface area contributed by atoms with E-state index in [1.54, 1.807) is 7.11 Å². The van der Waals surface area contributed by atoms with E-state index in [9.17, 15) is 8.42 Å². The highest BCUT2D eigenvalue weighted by atomic mass is 32.2. The monoisotopic (exact) mass is 418 g/mol. The molecule has 0 spiro atoms. The van der Waals surface area contributed by atoms with Crippen LogP contribution in [0.4, 0.5) is 5.69 Å². The molecule has 1 heterocycles. The van der Waals surface area contributed by atoms with Crippen molar-refractivity contribution in [2.24, 2.45) is 0 Å². The van der Waals surface area contributed by atoms with Crippen LogP contribution < -0.4 is 10.1 Å². The van der Waals surface area contributed by atoms with Gasteiger partial charge in [0.2, 0.25) is 0 Å². The van der Waals surface area contributed by atoms with Crippen molar-refractivity contribution in [3.05, 3.63) is 59.7 Å². The van der Waals surface area contributed by atoms with Gasteiger partial charge in [-0.3, -0.25) is 0 Å². The van der Waals surface area contributed by atoms with Crippen molar-refractivity contribution in [1.29, 1.82) is 0 Å². The van der Waals surface area contributed by atoms with E-state index < -0.39 is 9.84 Å². The average molecular weight is 419 g/mol. The lowest BCUT2D eigenvalue weighted by molar-refractivity contribution is 0.332. The molecule has 150 valence electrons. The summed E-state index contributed by atoms with van der Waals surface area (Å²) < 4.78 is 29.3. The van der Waals surface area contributed by atoms with E-state index in [0.29, 0.717) is 18.1 Å². The molecule has 1 saturated heterocycles. The summed E-state index contributed by atoms with van der Waals surface area (Å²) in [5.41, 5.74) is 3.21. The highest BCUT2D eigenvalue weighted by Crippen LogP contribution is 2.23. The second kappa shape index (κ2) is 8.92. The molecule has 1 aliphatic heterocycles. The van der Waals surface area contributed by atoms with E-state index >= 15 is 0 Å². The number of hydrogen-bond donors (Lipinski definition) is 1. The van der Waals surface area contributed by atoms with E-state index in [2.05, 4.69) is 24.4 Å². The smallest absolute Gasteiger partial charge is 0.174 e. The lowest BCUT2D eigenvalue weighted by Gasteiger charge is -2.31. The Bertz CT molecular complexity index is 910. The number of aryl methyl sites for hydroxylation is 1. The fourth-order valence-electron chi connectivity index (χ4n) is 3.33. The summed E-state index contributed by atoms with van der Waals surface area (Å²) in [6, 6.07) is 15.8. The van der Waals surface area contributed by atoms with Gasteiger partial charge in [0.1, 0.15) is 5.75 Å². The van der Waals surface area contributed by atoms with Crippen LogP contribution in [-0.2, 0) is 22.8 Å². The Kier molecular flexibility index (Phi) is 6.57. The molecule has 3 rings (SSSR count). The Morgan fingerprint density at radius 1 is 1.14 bits per heavy atom. The molecule has 5 nitrogen and oxygen atoms in total. The predicted octanol–water partition coefficient (Wildman–Crippen LogP) is 3.64. The maximum Gasteiger partial charge on any atom is 0.174 e. The molecule has 0 saturated carbocycles. The molecule has 0 radical (unpaired) electrons. The maximum atomic E-state index is 12.0.